The second-order valence-corrected chi connectivity index (χ2v) is 8.44. The average molecular weight is 407 g/mol. The number of benzene rings is 1. The number of ether oxygens (including phenoxy) is 1. The molecule has 10 heteroatoms. The number of nitrogens with one attached hydrogen (secondary N) is 1. The van der Waals surface area contributed by atoms with Crippen molar-refractivity contribution in [1.29, 1.82) is 0 Å². The molecule has 0 aliphatic carbocycles. The normalized spacial score (nSPS) is 15.9. The lowest BCUT2D eigenvalue weighted by molar-refractivity contribution is -0.123. The number of hydrogen-bond donors (Lipinski definition) is 1. The Bertz CT molecular complexity index is 961. The highest BCUT2D eigenvalue weighted by Gasteiger charge is 2.27. The van der Waals surface area contributed by atoms with Gasteiger partial charge in [0.2, 0.25) is 15.8 Å². The average Bonchev–Trinajstić information content (AvgIpc) is 3.34. The van der Waals surface area contributed by atoms with E-state index < -0.39 is 28.0 Å². The molecule has 2 aromatic rings. The lowest BCUT2D eigenvalue weighted by atomic mass is 10.3. The van der Waals surface area contributed by atoms with Crippen molar-refractivity contribution in [2.45, 2.75) is 37.7 Å². The second kappa shape index (κ2) is 8.11. The molecule has 1 aliphatic rings. The molecule has 1 aromatic heterocycles. The van der Waals surface area contributed by atoms with Crippen LogP contribution in [0, 0.1) is 6.92 Å². The molecule has 0 saturated carbocycles. The van der Waals surface area contributed by atoms with E-state index in [1.54, 1.807) is 6.92 Å². The third-order valence-corrected chi connectivity index (χ3v) is 6.22. The van der Waals surface area contributed by atoms with Gasteiger partial charge < -0.3 is 14.6 Å². The van der Waals surface area contributed by atoms with Crippen molar-refractivity contribution in [1.82, 2.24) is 9.46 Å². The van der Waals surface area contributed by atoms with E-state index in [4.69, 9.17) is 9.26 Å². The van der Waals surface area contributed by atoms with Crippen LogP contribution in [0.4, 0.5) is 5.69 Å². The molecule has 1 N–H and O–H groups in total. The standard InChI is InChI=1S/C18H21N3O6S/c1-12-11-16(27-20-12)18(23)26-13(2)17(22)19-14-5-7-15(8-6-14)28(24,25)21-9-3-4-10-21/h5-8,11,13H,3-4,9-10H2,1-2H3,(H,19,22)/t13-/m0/s1. The van der Waals surface area contributed by atoms with Gasteiger partial charge in [-0.15, -0.1) is 0 Å². The zero-order chi connectivity index (χ0) is 20.3. The van der Waals surface area contributed by atoms with Gasteiger partial charge >= 0.3 is 5.97 Å². The van der Waals surface area contributed by atoms with E-state index in [0.717, 1.165) is 12.8 Å². The molecule has 150 valence electrons. The van der Waals surface area contributed by atoms with Gasteiger partial charge in [-0.25, -0.2) is 13.2 Å². The molecule has 3 rings (SSSR count). The van der Waals surface area contributed by atoms with Crippen LogP contribution >= 0.6 is 0 Å². The topological polar surface area (TPSA) is 119 Å². The summed E-state index contributed by atoms with van der Waals surface area (Å²) < 4.78 is 36.3. The van der Waals surface area contributed by atoms with E-state index in [1.807, 2.05) is 0 Å². The number of carbonyl (C=O) groups is 2. The maximum atomic E-state index is 12.5. The van der Waals surface area contributed by atoms with Crippen LogP contribution in [0.25, 0.3) is 0 Å². The number of anilines is 1. The fraction of sp³-hybridized carbons (Fsp3) is 0.389. The van der Waals surface area contributed by atoms with Crippen LogP contribution in [0.3, 0.4) is 0 Å². The third-order valence-electron chi connectivity index (χ3n) is 4.31. The van der Waals surface area contributed by atoms with E-state index in [2.05, 4.69) is 10.5 Å². The number of amides is 1. The Morgan fingerprint density at radius 2 is 1.86 bits per heavy atom. The Morgan fingerprint density at radius 1 is 1.21 bits per heavy atom. The van der Waals surface area contributed by atoms with Gasteiger partial charge in [0.1, 0.15) is 0 Å². The quantitative estimate of drug-likeness (QED) is 0.727. The lowest BCUT2D eigenvalue weighted by Gasteiger charge is -2.16. The fourth-order valence-electron chi connectivity index (χ4n) is 2.76. The van der Waals surface area contributed by atoms with Crippen LogP contribution in [0.1, 0.15) is 36.0 Å². The SMILES string of the molecule is Cc1cc(C(=O)O[C@@H](C)C(=O)Nc2ccc(S(=O)(=O)N3CCCC3)cc2)on1. The largest absolute Gasteiger partial charge is 0.447 e. The fourth-order valence-corrected chi connectivity index (χ4v) is 4.28. The molecule has 0 radical (unpaired) electrons. The summed E-state index contributed by atoms with van der Waals surface area (Å²) in [6.45, 7) is 4.12. The van der Waals surface area contributed by atoms with Crippen molar-refractivity contribution >= 4 is 27.6 Å². The Kier molecular flexibility index (Phi) is 5.80. The molecule has 1 aromatic carbocycles. The highest BCUT2D eigenvalue weighted by atomic mass is 32.2. The minimum atomic E-state index is -3.51. The zero-order valence-corrected chi connectivity index (χ0v) is 16.4. The number of hydrogen-bond acceptors (Lipinski definition) is 7. The molecule has 1 saturated heterocycles. The van der Waals surface area contributed by atoms with Crippen LogP contribution in [0.5, 0.6) is 0 Å². The molecule has 0 bridgehead atoms. The van der Waals surface area contributed by atoms with Gasteiger partial charge in [0.05, 0.1) is 10.6 Å². The van der Waals surface area contributed by atoms with Crippen molar-refractivity contribution in [3.8, 4) is 0 Å². The van der Waals surface area contributed by atoms with Gasteiger partial charge in [-0.1, -0.05) is 5.16 Å². The number of rotatable bonds is 6. The minimum Gasteiger partial charge on any atom is -0.447 e. The molecule has 9 nitrogen and oxygen atoms in total. The summed E-state index contributed by atoms with van der Waals surface area (Å²) in [5.41, 5.74) is 0.914. The van der Waals surface area contributed by atoms with E-state index in [9.17, 15) is 18.0 Å². The Morgan fingerprint density at radius 3 is 2.43 bits per heavy atom. The van der Waals surface area contributed by atoms with E-state index in [1.165, 1.54) is 41.6 Å². The summed E-state index contributed by atoms with van der Waals surface area (Å²) in [4.78, 5) is 24.3. The maximum absolute atomic E-state index is 12.5. The molecule has 0 unspecified atom stereocenters. The molecule has 1 atom stereocenters. The summed E-state index contributed by atoms with van der Waals surface area (Å²) in [6.07, 6.45) is 0.640. The van der Waals surface area contributed by atoms with E-state index >= 15 is 0 Å². The highest BCUT2D eigenvalue weighted by molar-refractivity contribution is 7.89. The number of esters is 1. The molecule has 1 amide bonds. The Balaban J connectivity index is 1.60. The first-order valence-electron chi connectivity index (χ1n) is 8.83. The molecule has 1 fully saturated rings. The van der Waals surface area contributed by atoms with E-state index in [0.29, 0.717) is 24.5 Å². The number of sulfonamides is 1. The van der Waals surface area contributed by atoms with Crippen molar-refractivity contribution < 1.29 is 27.3 Å². The van der Waals surface area contributed by atoms with E-state index in [-0.39, 0.29) is 10.7 Å². The third kappa shape index (κ3) is 4.39. The number of aromatic nitrogens is 1. The predicted octanol–water partition coefficient (Wildman–Crippen LogP) is 1.95. The van der Waals surface area contributed by atoms with Crippen molar-refractivity contribution in [3.63, 3.8) is 0 Å². The van der Waals surface area contributed by atoms with Gasteiger partial charge in [-0.2, -0.15) is 4.31 Å². The van der Waals surface area contributed by atoms with Gasteiger partial charge in [0.25, 0.3) is 5.91 Å². The van der Waals surface area contributed by atoms with Crippen LogP contribution in [0.2, 0.25) is 0 Å². The molecular weight excluding hydrogens is 386 g/mol. The molecular formula is C18H21N3O6S. The smallest absolute Gasteiger partial charge is 0.377 e. The first-order valence-corrected chi connectivity index (χ1v) is 10.3. The van der Waals surface area contributed by atoms with Gasteiger partial charge in [0.15, 0.2) is 6.10 Å². The maximum Gasteiger partial charge on any atom is 0.377 e. The summed E-state index contributed by atoms with van der Waals surface area (Å²) in [6, 6.07) is 7.28. The lowest BCUT2D eigenvalue weighted by Crippen LogP contribution is -2.30. The molecule has 28 heavy (non-hydrogen) atoms. The number of carbonyl (C=O) groups excluding carboxylic acids is 2. The monoisotopic (exact) mass is 407 g/mol. The molecule has 2 heterocycles. The van der Waals surface area contributed by atoms with Gasteiger partial charge in [0, 0.05) is 24.8 Å². The molecule has 1 aliphatic heterocycles. The first kappa shape index (κ1) is 20.0. The van der Waals surface area contributed by atoms with Crippen LogP contribution in [-0.4, -0.2) is 48.9 Å². The second-order valence-electron chi connectivity index (χ2n) is 6.50. The minimum absolute atomic E-state index is 0.0892. The van der Waals surface area contributed by atoms with Crippen molar-refractivity contribution in [2.24, 2.45) is 0 Å². The highest BCUT2D eigenvalue weighted by Crippen LogP contribution is 2.22. The van der Waals surface area contributed by atoms with Crippen molar-refractivity contribution in [3.05, 3.63) is 41.8 Å². The van der Waals surface area contributed by atoms with Gasteiger partial charge in [-0.05, 0) is 51.0 Å². The summed E-state index contributed by atoms with van der Waals surface area (Å²) in [7, 11) is -3.51. The number of aryl methyl sites for hydroxylation is 1. The van der Waals surface area contributed by atoms with Crippen LogP contribution in [0.15, 0.2) is 39.8 Å². The van der Waals surface area contributed by atoms with Gasteiger partial charge in [-0.3, -0.25) is 4.79 Å². The Labute approximate surface area is 162 Å². The predicted molar refractivity (Wildman–Crippen MR) is 99.2 cm³/mol. The van der Waals surface area contributed by atoms with Crippen LogP contribution < -0.4 is 5.32 Å². The summed E-state index contributed by atoms with van der Waals surface area (Å²) in [5.74, 6) is -1.44. The summed E-state index contributed by atoms with van der Waals surface area (Å²) >= 11 is 0. The van der Waals surface area contributed by atoms with Crippen LogP contribution in [-0.2, 0) is 19.6 Å². The summed E-state index contributed by atoms with van der Waals surface area (Å²) in [5, 5.41) is 6.17. The Hall–Kier alpha value is -2.72. The first-order chi connectivity index (χ1) is 13.3. The number of nitrogens with zero attached hydrogens (tertiary/aromatic N) is 2. The zero-order valence-electron chi connectivity index (χ0n) is 15.5. The molecule has 0 spiro atoms. The van der Waals surface area contributed by atoms with Crippen molar-refractivity contribution in [2.75, 3.05) is 18.4 Å².